The molecule has 30 heavy (non-hydrogen) atoms. The molecule has 2 amide bonds. The molecule has 5 nitrogen and oxygen atoms in total. The van der Waals surface area contributed by atoms with E-state index in [0.29, 0.717) is 23.5 Å². The molecule has 1 fully saturated rings. The lowest BCUT2D eigenvalue weighted by molar-refractivity contribution is -0.122. The Morgan fingerprint density at radius 3 is 2.73 bits per heavy atom. The van der Waals surface area contributed by atoms with Crippen LogP contribution in [0.15, 0.2) is 41.3 Å². The van der Waals surface area contributed by atoms with E-state index in [4.69, 9.17) is 27.5 Å². The zero-order valence-electron chi connectivity index (χ0n) is 16.0. The van der Waals surface area contributed by atoms with E-state index >= 15 is 0 Å². The van der Waals surface area contributed by atoms with Gasteiger partial charge in [0.05, 0.1) is 23.1 Å². The van der Waals surface area contributed by atoms with Crippen molar-refractivity contribution in [1.29, 1.82) is 0 Å². The number of nitrogens with zero attached hydrogens (tertiary/aromatic N) is 1. The molecule has 2 aromatic rings. The number of benzene rings is 2. The lowest BCUT2D eigenvalue weighted by Crippen LogP contribution is -2.28. The third kappa shape index (κ3) is 4.78. The Balaban J connectivity index is 1.88. The Labute approximate surface area is 182 Å². The molecule has 0 spiro atoms. The summed E-state index contributed by atoms with van der Waals surface area (Å²) >= 11 is 7.18. The van der Waals surface area contributed by atoms with E-state index in [1.165, 1.54) is 12.1 Å². The number of thioether (sulfide) groups is 1. The van der Waals surface area contributed by atoms with Crippen LogP contribution >= 0.6 is 23.4 Å². The summed E-state index contributed by atoms with van der Waals surface area (Å²) in [5.41, 5.74) is 0.926. The molecule has 8 heteroatoms. The van der Waals surface area contributed by atoms with Gasteiger partial charge in [-0.25, -0.2) is 4.39 Å². The van der Waals surface area contributed by atoms with Crippen LogP contribution in [-0.4, -0.2) is 29.2 Å². The van der Waals surface area contributed by atoms with Crippen molar-refractivity contribution in [2.75, 3.05) is 13.2 Å². The largest absolute Gasteiger partial charge is 0.490 e. The standard InChI is InChI=1S/C22H17ClFNO4S/c1-3-9-25-21(26)19(30-22(25)27)12-14-10-16(23)20(18(11-14)28-4-2)29-13-15-7-5-6-8-17(15)24/h1,5-8,10-12H,4,9,13H2,2H3. The molecule has 0 saturated carbocycles. The highest BCUT2D eigenvalue weighted by molar-refractivity contribution is 8.18. The minimum atomic E-state index is -0.461. The van der Waals surface area contributed by atoms with Gasteiger partial charge >= 0.3 is 0 Å². The normalized spacial score (nSPS) is 14.9. The molecule has 0 atom stereocenters. The summed E-state index contributed by atoms with van der Waals surface area (Å²) in [6.07, 6.45) is 6.74. The van der Waals surface area contributed by atoms with Crippen LogP contribution in [-0.2, 0) is 11.4 Å². The number of rotatable bonds is 7. The molecule has 1 heterocycles. The van der Waals surface area contributed by atoms with Crippen molar-refractivity contribution in [2.24, 2.45) is 0 Å². The van der Waals surface area contributed by atoms with Gasteiger partial charge in [0.25, 0.3) is 11.1 Å². The average Bonchev–Trinajstić information content (AvgIpc) is 2.96. The molecule has 0 aromatic heterocycles. The SMILES string of the molecule is C#CCN1C(=O)SC(=Cc2cc(Cl)c(OCc3ccccc3F)c(OCC)c2)C1=O. The monoisotopic (exact) mass is 445 g/mol. The van der Waals surface area contributed by atoms with Gasteiger partial charge in [-0.1, -0.05) is 35.7 Å². The summed E-state index contributed by atoms with van der Waals surface area (Å²) < 4.78 is 25.2. The molecule has 3 rings (SSSR count). The predicted molar refractivity (Wildman–Crippen MR) is 115 cm³/mol. The van der Waals surface area contributed by atoms with E-state index in [1.807, 2.05) is 0 Å². The van der Waals surface area contributed by atoms with Crippen LogP contribution in [0.4, 0.5) is 9.18 Å². The van der Waals surface area contributed by atoms with Crippen molar-refractivity contribution >= 4 is 40.6 Å². The first kappa shape index (κ1) is 21.8. The summed E-state index contributed by atoms with van der Waals surface area (Å²) in [4.78, 5) is 25.5. The second-order valence-electron chi connectivity index (χ2n) is 6.12. The van der Waals surface area contributed by atoms with Crippen molar-refractivity contribution in [3.8, 4) is 23.8 Å². The van der Waals surface area contributed by atoms with Crippen LogP contribution < -0.4 is 9.47 Å². The van der Waals surface area contributed by atoms with Crippen molar-refractivity contribution in [3.05, 3.63) is 63.3 Å². The van der Waals surface area contributed by atoms with Gasteiger partial charge in [0.15, 0.2) is 11.5 Å². The van der Waals surface area contributed by atoms with Crippen molar-refractivity contribution in [1.82, 2.24) is 4.90 Å². The van der Waals surface area contributed by atoms with Crippen LogP contribution in [0.2, 0.25) is 5.02 Å². The van der Waals surface area contributed by atoms with Crippen molar-refractivity contribution in [2.45, 2.75) is 13.5 Å². The van der Waals surface area contributed by atoms with E-state index < -0.39 is 11.1 Å². The first-order chi connectivity index (χ1) is 14.4. The third-order valence-electron chi connectivity index (χ3n) is 4.08. The quantitative estimate of drug-likeness (QED) is 0.437. The first-order valence-electron chi connectivity index (χ1n) is 8.96. The average molecular weight is 446 g/mol. The van der Waals surface area contributed by atoms with Gasteiger partial charge in [-0.05, 0) is 48.5 Å². The highest BCUT2D eigenvalue weighted by Gasteiger charge is 2.34. The summed E-state index contributed by atoms with van der Waals surface area (Å²) in [5.74, 6) is 2.05. The van der Waals surface area contributed by atoms with Gasteiger partial charge in [0.2, 0.25) is 0 Å². The van der Waals surface area contributed by atoms with E-state index in [2.05, 4.69) is 5.92 Å². The molecule has 0 N–H and O–H groups in total. The van der Waals surface area contributed by atoms with E-state index in [9.17, 15) is 14.0 Å². The second kappa shape index (κ2) is 9.70. The van der Waals surface area contributed by atoms with Crippen LogP contribution in [0.1, 0.15) is 18.1 Å². The van der Waals surface area contributed by atoms with Crippen LogP contribution in [0.3, 0.4) is 0 Å². The molecular formula is C22H17ClFNO4S. The van der Waals surface area contributed by atoms with Gasteiger partial charge in [0, 0.05) is 5.56 Å². The molecule has 154 valence electrons. The topological polar surface area (TPSA) is 55.8 Å². The number of amides is 2. The Morgan fingerprint density at radius 1 is 1.27 bits per heavy atom. The molecule has 0 aliphatic carbocycles. The fourth-order valence-corrected chi connectivity index (χ4v) is 3.83. The number of carbonyl (C=O) groups is 2. The number of hydrogen-bond donors (Lipinski definition) is 0. The Morgan fingerprint density at radius 2 is 2.03 bits per heavy atom. The zero-order valence-corrected chi connectivity index (χ0v) is 17.6. The molecule has 0 bridgehead atoms. The van der Waals surface area contributed by atoms with Gasteiger partial charge in [0.1, 0.15) is 12.4 Å². The van der Waals surface area contributed by atoms with Gasteiger partial charge in [-0.15, -0.1) is 6.42 Å². The molecule has 0 radical (unpaired) electrons. The summed E-state index contributed by atoms with van der Waals surface area (Å²) in [6, 6.07) is 9.49. The molecule has 0 unspecified atom stereocenters. The van der Waals surface area contributed by atoms with Gasteiger partial charge in [-0.3, -0.25) is 14.5 Å². The number of imide groups is 1. The van der Waals surface area contributed by atoms with E-state index in [1.54, 1.807) is 37.3 Å². The maximum absolute atomic E-state index is 13.9. The summed E-state index contributed by atoms with van der Waals surface area (Å²) in [6.45, 7) is 2.02. The fourth-order valence-electron chi connectivity index (χ4n) is 2.72. The minimum absolute atomic E-state index is 0.0310. The number of carbonyl (C=O) groups excluding carboxylic acids is 2. The fraction of sp³-hybridized carbons (Fsp3) is 0.182. The number of ether oxygens (including phenoxy) is 2. The summed E-state index contributed by atoms with van der Waals surface area (Å²) in [7, 11) is 0. The zero-order chi connectivity index (χ0) is 21.7. The first-order valence-corrected chi connectivity index (χ1v) is 10.2. The number of halogens is 2. The summed E-state index contributed by atoms with van der Waals surface area (Å²) in [5, 5.41) is -0.198. The maximum Gasteiger partial charge on any atom is 0.294 e. The Bertz CT molecular complexity index is 1060. The molecule has 2 aromatic carbocycles. The van der Waals surface area contributed by atoms with Crippen molar-refractivity contribution < 1.29 is 23.5 Å². The Hall–Kier alpha value is -2.95. The van der Waals surface area contributed by atoms with E-state index in [-0.39, 0.29) is 34.6 Å². The second-order valence-corrected chi connectivity index (χ2v) is 7.52. The number of terminal acetylenes is 1. The predicted octanol–water partition coefficient (Wildman–Crippen LogP) is 5.13. The van der Waals surface area contributed by atoms with Crippen LogP contribution in [0.5, 0.6) is 11.5 Å². The lowest BCUT2D eigenvalue weighted by atomic mass is 10.1. The molecule has 1 aliphatic heterocycles. The van der Waals surface area contributed by atoms with Crippen LogP contribution in [0.25, 0.3) is 6.08 Å². The van der Waals surface area contributed by atoms with Crippen molar-refractivity contribution in [3.63, 3.8) is 0 Å². The molecule has 1 saturated heterocycles. The number of hydrogen-bond acceptors (Lipinski definition) is 5. The molecular weight excluding hydrogens is 429 g/mol. The molecule has 1 aliphatic rings. The van der Waals surface area contributed by atoms with Gasteiger partial charge in [-0.2, -0.15) is 0 Å². The van der Waals surface area contributed by atoms with Crippen LogP contribution in [0, 0.1) is 18.2 Å². The third-order valence-corrected chi connectivity index (χ3v) is 5.27. The Kier molecular flexibility index (Phi) is 7.03. The minimum Gasteiger partial charge on any atom is -0.490 e. The lowest BCUT2D eigenvalue weighted by Gasteiger charge is -2.15. The maximum atomic E-state index is 13.9. The highest BCUT2D eigenvalue weighted by Crippen LogP contribution is 2.39. The smallest absolute Gasteiger partial charge is 0.294 e. The van der Waals surface area contributed by atoms with Gasteiger partial charge < -0.3 is 9.47 Å². The highest BCUT2D eigenvalue weighted by atomic mass is 35.5. The van der Waals surface area contributed by atoms with E-state index in [0.717, 1.165) is 16.7 Å².